The van der Waals surface area contributed by atoms with E-state index in [1.165, 1.54) is 24.3 Å². The Morgan fingerprint density at radius 1 is 1.17 bits per heavy atom. The Balaban J connectivity index is 1.25. The van der Waals surface area contributed by atoms with Gasteiger partial charge < -0.3 is 24.8 Å². The van der Waals surface area contributed by atoms with E-state index in [2.05, 4.69) is 37.6 Å². The van der Waals surface area contributed by atoms with Crippen molar-refractivity contribution >= 4 is 27.5 Å². The minimum Gasteiger partial charge on any atom is -0.508 e. The molecule has 2 aromatic carbocycles. The van der Waals surface area contributed by atoms with E-state index in [4.69, 9.17) is 20.9 Å². The molecule has 0 spiro atoms. The van der Waals surface area contributed by atoms with Gasteiger partial charge in [-0.2, -0.15) is 9.97 Å². The van der Waals surface area contributed by atoms with Crippen LogP contribution in [0.25, 0.3) is 32.9 Å². The lowest BCUT2D eigenvalue weighted by atomic mass is 9.94. The zero-order valence-electron chi connectivity index (χ0n) is 26.2. The van der Waals surface area contributed by atoms with Gasteiger partial charge in [-0.15, -0.1) is 6.42 Å². The lowest BCUT2D eigenvalue weighted by molar-refractivity contribution is 0.0522. The third-order valence-corrected chi connectivity index (χ3v) is 10.4. The Labute approximate surface area is 271 Å². The first-order valence-electron chi connectivity index (χ1n) is 16.1. The molecule has 4 aliphatic rings. The molecule has 2 aromatic heterocycles. The normalized spacial score (nSPS) is 25.5. The van der Waals surface area contributed by atoms with E-state index in [1.807, 2.05) is 0 Å². The van der Waals surface area contributed by atoms with Gasteiger partial charge in [0, 0.05) is 62.0 Å². The summed E-state index contributed by atoms with van der Waals surface area (Å²) in [5.41, 5.74) is 0.951. The van der Waals surface area contributed by atoms with Crippen molar-refractivity contribution in [2.45, 2.75) is 55.8 Å². The molecule has 0 radical (unpaired) electrons. The molecule has 4 atom stereocenters. The molecule has 9 nitrogen and oxygen atoms in total. The summed E-state index contributed by atoms with van der Waals surface area (Å²) in [6, 6.07) is 6.51. The summed E-state index contributed by atoms with van der Waals surface area (Å²) in [7, 11) is 1.72. The SMILES string of the molecule is C#Cc1c(F)ccc2cc(O)cc(-c3ncc4c(N5C[C@H]6CC[C@@H](C5)N6)nc(OC[C@]56CC[C@@H](COC)N5CC(=C)C6)nc4c3F)c12. The Morgan fingerprint density at radius 3 is 2.74 bits per heavy atom. The number of rotatable bonds is 7. The number of nitrogens with zero attached hydrogens (tertiary/aromatic N) is 5. The van der Waals surface area contributed by atoms with Crippen LogP contribution in [-0.4, -0.2) is 88.6 Å². The second-order valence-corrected chi connectivity index (χ2v) is 13.4. The van der Waals surface area contributed by atoms with Gasteiger partial charge in [0.25, 0.3) is 0 Å². The second-order valence-electron chi connectivity index (χ2n) is 13.4. The first-order chi connectivity index (χ1) is 22.8. The largest absolute Gasteiger partial charge is 0.508 e. The lowest BCUT2D eigenvalue weighted by Crippen LogP contribution is -2.51. The molecule has 0 unspecified atom stereocenters. The number of benzene rings is 2. The fraction of sp³-hybridized carbons (Fsp3) is 0.417. The van der Waals surface area contributed by atoms with Crippen molar-refractivity contribution in [3.05, 3.63) is 59.8 Å². The first kappa shape index (κ1) is 30.0. The van der Waals surface area contributed by atoms with Gasteiger partial charge in [-0.25, -0.2) is 8.78 Å². The molecule has 11 heteroatoms. The summed E-state index contributed by atoms with van der Waals surface area (Å²) in [4.78, 5) is 18.7. The van der Waals surface area contributed by atoms with Crippen LogP contribution in [0.15, 0.2) is 42.6 Å². The molecule has 4 aromatic rings. The van der Waals surface area contributed by atoms with Crippen LogP contribution >= 0.6 is 0 Å². The molecule has 4 aliphatic heterocycles. The molecule has 2 N–H and O–H groups in total. The summed E-state index contributed by atoms with van der Waals surface area (Å²) >= 11 is 0. The van der Waals surface area contributed by atoms with E-state index in [1.54, 1.807) is 13.3 Å². The number of phenols is 1. The molecule has 47 heavy (non-hydrogen) atoms. The highest BCUT2D eigenvalue weighted by Gasteiger charge is 2.51. The monoisotopic (exact) mass is 638 g/mol. The molecular weight excluding hydrogens is 602 g/mol. The van der Waals surface area contributed by atoms with Crippen molar-refractivity contribution in [2.75, 3.05) is 44.9 Å². The van der Waals surface area contributed by atoms with Gasteiger partial charge >= 0.3 is 6.01 Å². The number of piperazine rings is 1. The maximum Gasteiger partial charge on any atom is 0.319 e. The minimum absolute atomic E-state index is 0.0323. The fourth-order valence-electron chi connectivity index (χ4n) is 8.38. The van der Waals surface area contributed by atoms with Crippen molar-refractivity contribution in [3.8, 4) is 35.4 Å². The quantitative estimate of drug-likeness (QED) is 0.216. The highest BCUT2D eigenvalue weighted by atomic mass is 19.1. The van der Waals surface area contributed by atoms with Crippen LogP contribution in [0, 0.1) is 24.0 Å². The van der Waals surface area contributed by atoms with Gasteiger partial charge in [0.1, 0.15) is 35.2 Å². The number of pyridine rings is 1. The maximum absolute atomic E-state index is 16.9. The third kappa shape index (κ3) is 4.98. The summed E-state index contributed by atoms with van der Waals surface area (Å²) < 4.78 is 43.7. The molecule has 242 valence electrons. The predicted octanol–water partition coefficient (Wildman–Crippen LogP) is 4.94. The Hall–Kier alpha value is -4.37. The first-order valence-corrected chi connectivity index (χ1v) is 16.1. The van der Waals surface area contributed by atoms with Crippen molar-refractivity contribution in [1.82, 2.24) is 25.2 Å². The number of halogens is 2. The zero-order chi connectivity index (χ0) is 32.4. The number of hydrogen-bond acceptors (Lipinski definition) is 9. The van der Waals surface area contributed by atoms with Crippen LogP contribution in [0.1, 0.15) is 37.7 Å². The lowest BCUT2D eigenvalue weighted by Gasteiger charge is -2.35. The zero-order valence-corrected chi connectivity index (χ0v) is 26.2. The number of nitrogens with one attached hydrogen (secondary N) is 1. The van der Waals surface area contributed by atoms with E-state index < -0.39 is 11.6 Å². The number of methoxy groups -OCH3 is 1. The Morgan fingerprint density at radius 2 is 1.98 bits per heavy atom. The molecule has 0 aliphatic carbocycles. The van der Waals surface area contributed by atoms with Crippen molar-refractivity contribution in [1.29, 1.82) is 0 Å². The molecule has 4 saturated heterocycles. The Kier molecular flexibility index (Phi) is 7.28. The van der Waals surface area contributed by atoms with Gasteiger partial charge in [-0.1, -0.05) is 24.1 Å². The number of terminal acetylenes is 1. The summed E-state index contributed by atoms with van der Waals surface area (Å²) in [6.45, 7) is 7.44. The van der Waals surface area contributed by atoms with Gasteiger partial charge in [0.2, 0.25) is 0 Å². The van der Waals surface area contributed by atoms with E-state index >= 15 is 4.39 Å². The number of anilines is 1. The van der Waals surface area contributed by atoms with Gasteiger partial charge in [-0.3, -0.25) is 9.88 Å². The average Bonchev–Trinajstić information content (AvgIpc) is 3.69. The number of fused-ring (bicyclic) bond motifs is 5. The number of ether oxygens (including phenoxy) is 2. The molecule has 4 fully saturated rings. The summed E-state index contributed by atoms with van der Waals surface area (Å²) in [5.74, 6) is 1.47. The molecular formula is C36H36F2N6O3. The van der Waals surface area contributed by atoms with Gasteiger partial charge in [0.15, 0.2) is 5.82 Å². The highest BCUT2D eigenvalue weighted by Crippen LogP contribution is 2.45. The minimum atomic E-state index is -0.733. The van der Waals surface area contributed by atoms with Crippen LogP contribution in [0.4, 0.5) is 14.6 Å². The topological polar surface area (TPSA) is 95.9 Å². The van der Waals surface area contributed by atoms with Crippen molar-refractivity contribution in [3.63, 3.8) is 0 Å². The Bertz CT molecular complexity index is 1970. The fourth-order valence-corrected chi connectivity index (χ4v) is 8.38. The number of aromatic hydroxyl groups is 1. The van der Waals surface area contributed by atoms with E-state index in [-0.39, 0.29) is 51.1 Å². The van der Waals surface area contributed by atoms with Gasteiger partial charge in [-0.05, 0) is 55.7 Å². The van der Waals surface area contributed by atoms with Crippen LogP contribution in [0.2, 0.25) is 0 Å². The smallest absolute Gasteiger partial charge is 0.319 e. The van der Waals surface area contributed by atoms with E-state index in [0.29, 0.717) is 55.0 Å². The summed E-state index contributed by atoms with van der Waals surface area (Å²) in [6.07, 6.45) is 12.1. The molecule has 0 amide bonds. The van der Waals surface area contributed by atoms with Crippen LogP contribution in [-0.2, 0) is 4.74 Å². The average molecular weight is 639 g/mol. The predicted molar refractivity (Wildman–Crippen MR) is 176 cm³/mol. The van der Waals surface area contributed by atoms with E-state index in [9.17, 15) is 9.50 Å². The summed E-state index contributed by atoms with van der Waals surface area (Å²) in [5, 5.41) is 15.4. The van der Waals surface area contributed by atoms with E-state index in [0.717, 1.165) is 44.2 Å². The number of aromatic nitrogens is 3. The highest BCUT2D eigenvalue weighted by molar-refractivity contribution is 6.03. The van der Waals surface area contributed by atoms with Crippen molar-refractivity contribution < 1.29 is 23.4 Å². The second kappa shape index (κ2) is 11.4. The molecule has 6 heterocycles. The number of hydrogen-bond donors (Lipinski definition) is 2. The molecule has 0 saturated carbocycles. The van der Waals surface area contributed by atoms with Crippen LogP contribution < -0.4 is 15.0 Å². The standard InChI is InChI=1S/C36H36F2N6O3/c1-4-26-29(37)8-5-21-11-25(45)12-27(30(21)26)32-31(38)33-28(14-39-32)34(43-16-22-6-7-23(17-43)40-22)42-35(41-33)47-19-36-10-9-24(18-46-3)44(36)15-20(2)13-36/h1,5,8,11-12,14,22-24,40,45H,2,6-7,9-10,13,15-19H2,3H3/t22-,23+,24-,36+/m0/s1. The van der Waals surface area contributed by atoms with Crippen LogP contribution in [0.3, 0.4) is 0 Å². The molecule has 2 bridgehead atoms. The third-order valence-electron chi connectivity index (χ3n) is 10.4. The number of phenolic OH excluding ortho intramolecular Hbond substituents is 1. The van der Waals surface area contributed by atoms with Crippen molar-refractivity contribution in [2.24, 2.45) is 0 Å². The maximum atomic E-state index is 16.9. The van der Waals surface area contributed by atoms with Crippen LogP contribution in [0.5, 0.6) is 11.8 Å². The molecule has 8 rings (SSSR count). The van der Waals surface area contributed by atoms with Gasteiger partial charge in [0.05, 0.1) is 23.1 Å².